The number of rotatable bonds is 1. The van der Waals surface area contributed by atoms with Crippen molar-refractivity contribution in [1.29, 1.82) is 0 Å². The number of likely N-dealkylation sites (tertiary alicyclic amines) is 1. The van der Waals surface area contributed by atoms with Crippen LogP contribution in [0.5, 0.6) is 5.75 Å². The quantitative estimate of drug-likeness (QED) is 0.788. The fourth-order valence-corrected chi connectivity index (χ4v) is 3.90. The zero-order valence-corrected chi connectivity index (χ0v) is 15.0. The summed E-state index contributed by atoms with van der Waals surface area (Å²) in [5.74, 6) is 1.53. The number of fused-ring (bicyclic) bond motifs is 1. The van der Waals surface area contributed by atoms with E-state index in [0.717, 1.165) is 18.6 Å². The Morgan fingerprint density at radius 1 is 1.42 bits per heavy atom. The van der Waals surface area contributed by atoms with Crippen LogP contribution in [0, 0.1) is 0 Å². The lowest BCUT2D eigenvalue weighted by molar-refractivity contribution is 0.0191. The molecule has 0 unspecified atom stereocenters. The Bertz CT molecular complexity index is 678. The Labute approximate surface area is 143 Å². The number of carbonyl (C=O) groups excluding carboxylic acids is 1. The van der Waals surface area contributed by atoms with Gasteiger partial charge in [-0.25, -0.2) is 4.79 Å². The molecule has 4 rings (SSSR count). The third-order valence-electron chi connectivity index (χ3n) is 5.09. The summed E-state index contributed by atoms with van der Waals surface area (Å²) in [5, 5.41) is 0. The molecule has 1 aliphatic carbocycles. The van der Waals surface area contributed by atoms with Gasteiger partial charge in [0, 0.05) is 36.1 Å². The Morgan fingerprint density at radius 3 is 2.83 bits per heavy atom. The van der Waals surface area contributed by atoms with E-state index >= 15 is 0 Å². The third kappa shape index (κ3) is 2.85. The van der Waals surface area contributed by atoms with Crippen LogP contribution in [-0.4, -0.2) is 39.8 Å². The molecule has 1 aromatic heterocycles. The minimum absolute atomic E-state index is 0.116. The van der Waals surface area contributed by atoms with Crippen LogP contribution in [0.15, 0.2) is 12.3 Å². The average Bonchev–Trinajstić information content (AvgIpc) is 3.18. The van der Waals surface area contributed by atoms with Gasteiger partial charge in [0.25, 0.3) is 0 Å². The molecule has 130 valence electrons. The highest BCUT2D eigenvalue weighted by molar-refractivity contribution is 5.69. The van der Waals surface area contributed by atoms with Gasteiger partial charge >= 0.3 is 6.09 Å². The van der Waals surface area contributed by atoms with Gasteiger partial charge in [-0.05, 0) is 46.6 Å². The summed E-state index contributed by atoms with van der Waals surface area (Å²) in [7, 11) is 0. The van der Waals surface area contributed by atoms with Crippen molar-refractivity contribution >= 4 is 6.09 Å². The monoisotopic (exact) mass is 330 g/mol. The second-order valence-electron chi connectivity index (χ2n) is 8.61. The van der Waals surface area contributed by atoms with Crippen molar-refractivity contribution in [3.8, 4) is 5.75 Å². The first-order valence-electron chi connectivity index (χ1n) is 8.92. The molecule has 0 radical (unpaired) electrons. The standard InChI is InChI=1S/C19H26N2O3/c1-12-8-19(11-21(12)17(22)24-18(2,3)4)9-14-7-15(13-5-6-13)20-10-16(14)23-19/h7,10,12-13H,5-6,8-9,11H2,1-4H3/t12-,19-/m0/s1. The van der Waals surface area contributed by atoms with Gasteiger partial charge in [0.1, 0.15) is 17.0 Å². The van der Waals surface area contributed by atoms with Crippen LogP contribution in [0.3, 0.4) is 0 Å². The van der Waals surface area contributed by atoms with Crippen LogP contribution in [0.4, 0.5) is 4.79 Å². The molecule has 1 spiro atoms. The lowest BCUT2D eigenvalue weighted by Gasteiger charge is -2.27. The SMILES string of the molecule is C[C@H]1C[C@]2(Cc3cc(C4CC4)ncc3O2)CN1C(=O)OC(C)(C)C. The smallest absolute Gasteiger partial charge is 0.410 e. The van der Waals surface area contributed by atoms with E-state index in [1.807, 2.05) is 31.9 Å². The molecule has 1 aromatic rings. The number of carbonyl (C=O) groups is 1. The molecule has 3 heterocycles. The van der Waals surface area contributed by atoms with Gasteiger partial charge < -0.3 is 14.4 Å². The number of nitrogens with zero attached hydrogens (tertiary/aromatic N) is 2. The predicted octanol–water partition coefficient (Wildman–Crippen LogP) is 3.66. The molecule has 1 saturated heterocycles. The number of hydrogen-bond acceptors (Lipinski definition) is 4. The van der Waals surface area contributed by atoms with Gasteiger partial charge in [0.2, 0.25) is 0 Å². The fraction of sp³-hybridized carbons (Fsp3) is 0.684. The molecule has 1 saturated carbocycles. The first-order valence-corrected chi connectivity index (χ1v) is 8.92. The van der Waals surface area contributed by atoms with Gasteiger partial charge in [-0.1, -0.05) is 0 Å². The zero-order chi connectivity index (χ0) is 17.1. The van der Waals surface area contributed by atoms with Crippen LogP contribution in [0.2, 0.25) is 0 Å². The van der Waals surface area contributed by atoms with E-state index in [-0.39, 0.29) is 17.7 Å². The largest absolute Gasteiger partial charge is 0.483 e. The van der Waals surface area contributed by atoms with Gasteiger partial charge in [-0.2, -0.15) is 0 Å². The topological polar surface area (TPSA) is 51.7 Å². The van der Waals surface area contributed by atoms with Crippen molar-refractivity contribution in [2.45, 2.75) is 76.5 Å². The Kier molecular flexibility index (Phi) is 3.35. The van der Waals surface area contributed by atoms with Crippen molar-refractivity contribution in [1.82, 2.24) is 9.88 Å². The minimum Gasteiger partial charge on any atom is -0.483 e. The van der Waals surface area contributed by atoms with Crippen molar-refractivity contribution in [2.75, 3.05) is 6.54 Å². The highest BCUT2D eigenvalue weighted by Crippen LogP contribution is 2.45. The van der Waals surface area contributed by atoms with Crippen molar-refractivity contribution in [2.24, 2.45) is 0 Å². The number of pyridine rings is 1. The summed E-state index contributed by atoms with van der Waals surface area (Å²) >= 11 is 0. The average molecular weight is 330 g/mol. The van der Waals surface area contributed by atoms with Gasteiger partial charge in [-0.15, -0.1) is 0 Å². The maximum absolute atomic E-state index is 12.5. The molecule has 5 heteroatoms. The normalized spacial score (nSPS) is 28.8. The Balaban J connectivity index is 1.50. The predicted molar refractivity (Wildman–Crippen MR) is 90.3 cm³/mol. The summed E-state index contributed by atoms with van der Waals surface area (Å²) in [6.07, 6.45) is 5.82. The van der Waals surface area contributed by atoms with E-state index in [4.69, 9.17) is 9.47 Å². The summed E-state index contributed by atoms with van der Waals surface area (Å²) in [5.41, 5.74) is 1.65. The Morgan fingerprint density at radius 2 is 2.17 bits per heavy atom. The van der Waals surface area contributed by atoms with Crippen LogP contribution in [0.1, 0.15) is 64.1 Å². The van der Waals surface area contributed by atoms with Crippen molar-refractivity contribution in [3.63, 3.8) is 0 Å². The molecule has 3 aliphatic rings. The number of amides is 1. The lowest BCUT2D eigenvalue weighted by Crippen LogP contribution is -2.42. The van der Waals surface area contributed by atoms with Gasteiger partial charge in [0.15, 0.2) is 0 Å². The van der Waals surface area contributed by atoms with Crippen LogP contribution >= 0.6 is 0 Å². The van der Waals surface area contributed by atoms with Crippen molar-refractivity contribution < 1.29 is 14.3 Å². The van der Waals surface area contributed by atoms with Gasteiger partial charge in [-0.3, -0.25) is 4.98 Å². The Hall–Kier alpha value is -1.78. The lowest BCUT2D eigenvalue weighted by atomic mass is 9.94. The summed E-state index contributed by atoms with van der Waals surface area (Å²) < 4.78 is 11.8. The molecule has 2 atom stereocenters. The van der Waals surface area contributed by atoms with E-state index in [9.17, 15) is 4.79 Å². The summed E-state index contributed by atoms with van der Waals surface area (Å²) in [4.78, 5) is 18.8. The van der Waals surface area contributed by atoms with Crippen molar-refractivity contribution in [3.05, 3.63) is 23.5 Å². The molecule has 1 amide bonds. The second kappa shape index (κ2) is 5.11. The first-order chi connectivity index (χ1) is 11.2. The first kappa shape index (κ1) is 15.7. The maximum atomic E-state index is 12.5. The van der Waals surface area contributed by atoms with E-state index < -0.39 is 5.60 Å². The zero-order valence-electron chi connectivity index (χ0n) is 15.0. The van der Waals surface area contributed by atoms with E-state index in [2.05, 4.69) is 18.0 Å². The van der Waals surface area contributed by atoms with E-state index in [1.165, 1.54) is 24.1 Å². The van der Waals surface area contributed by atoms with Crippen LogP contribution in [0.25, 0.3) is 0 Å². The fourth-order valence-electron chi connectivity index (χ4n) is 3.90. The second-order valence-corrected chi connectivity index (χ2v) is 8.61. The molecule has 2 fully saturated rings. The van der Waals surface area contributed by atoms with Crippen LogP contribution < -0.4 is 4.74 Å². The molecular weight excluding hydrogens is 304 g/mol. The number of aromatic nitrogens is 1. The highest BCUT2D eigenvalue weighted by atomic mass is 16.6. The molecule has 0 aromatic carbocycles. The van der Waals surface area contributed by atoms with Gasteiger partial charge in [0.05, 0.1) is 12.7 Å². The third-order valence-corrected chi connectivity index (χ3v) is 5.09. The van der Waals surface area contributed by atoms with Crippen LogP contribution in [-0.2, 0) is 11.2 Å². The van der Waals surface area contributed by atoms with E-state index in [0.29, 0.717) is 12.5 Å². The molecule has 0 N–H and O–H groups in total. The minimum atomic E-state index is -0.477. The highest BCUT2D eigenvalue weighted by Gasteiger charge is 2.50. The number of hydrogen-bond donors (Lipinski definition) is 0. The molecule has 24 heavy (non-hydrogen) atoms. The summed E-state index contributed by atoms with van der Waals surface area (Å²) in [6, 6.07) is 2.33. The molecule has 2 aliphatic heterocycles. The maximum Gasteiger partial charge on any atom is 0.410 e. The number of ether oxygens (including phenoxy) is 2. The summed E-state index contributed by atoms with van der Waals surface area (Å²) in [6.45, 7) is 8.34. The molecular formula is C19H26N2O3. The van der Waals surface area contributed by atoms with E-state index in [1.54, 1.807) is 0 Å². The molecule has 5 nitrogen and oxygen atoms in total. The molecule has 0 bridgehead atoms.